The van der Waals surface area contributed by atoms with Crippen molar-refractivity contribution in [3.05, 3.63) is 58.6 Å². The maximum Gasteiger partial charge on any atom is 0.238 e. The van der Waals surface area contributed by atoms with Crippen LogP contribution in [-0.2, 0) is 16.6 Å². The third kappa shape index (κ3) is 4.36. The molecule has 1 aliphatic rings. The van der Waals surface area contributed by atoms with Gasteiger partial charge < -0.3 is 4.90 Å². The fourth-order valence-electron chi connectivity index (χ4n) is 2.86. The quantitative estimate of drug-likeness (QED) is 0.841. The van der Waals surface area contributed by atoms with Crippen LogP contribution < -0.4 is 10.0 Å². The molecule has 2 N–H and O–H groups in total. The first-order valence-corrected chi connectivity index (χ1v) is 10.1. The highest BCUT2D eigenvalue weighted by atomic mass is 79.9. The van der Waals surface area contributed by atoms with Crippen LogP contribution in [0.4, 0.5) is 5.69 Å². The summed E-state index contributed by atoms with van der Waals surface area (Å²) in [6.07, 6.45) is 0. The van der Waals surface area contributed by atoms with Gasteiger partial charge in [-0.15, -0.1) is 0 Å². The van der Waals surface area contributed by atoms with E-state index in [4.69, 9.17) is 5.14 Å². The molecule has 0 unspecified atom stereocenters. The van der Waals surface area contributed by atoms with Crippen LogP contribution in [0.25, 0.3) is 0 Å². The van der Waals surface area contributed by atoms with E-state index in [9.17, 15) is 8.42 Å². The molecule has 1 aliphatic heterocycles. The molecule has 0 aliphatic carbocycles. The Labute approximate surface area is 151 Å². The van der Waals surface area contributed by atoms with Gasteiger partial charge in [0.15, 0.2) is 0 Å². The highest BCUT2D eigenvalue weighted by Crippen LogP contribution is 2.20. The molecule has 0 bridgehead atoms. The average molecular weight is 410 g/mol. The Kier molecular flexibility index (Phi) is 5.24. The van der Waals surface area contributed by atoms with Crippen LogP contribution in [-0.4, -0.2) is 39.5 Å². The number of nitrogens with two attached hydrogens (primary N) is 1. The number of halogens is 1. The first kappa shape index (κ1) is 17.4. The monoisotopic (exact) mass is 409 g/mol. The predicted molar refractivity (Wildman–Crippen MR) is 99.4 cm³/mol. The van der Waals surface area contributed by atoms with Gasteiger partial charge in [-0.1, -0.05) is 28.1 Å². The number of hydrogen-bond donors (Lipinski definition) is 1. The Hall–Kier alpha value is -1.41. The predicted octanol–water partition coefficient (Wildman–Crippen LogP) is 2.42. The fourth-order valence-corrected chi connectivity index (χ4v) is 3.64. The summed E-state index contributed by atoms with van der Waals surface area (Å²) in [6, 6.07) is 15.2. The van der Waals surface area contributed by atoms with E-state index < -0.39 is 10.0 Å². The molecule has 1 saturated heterocycles. The highest BCUT2D eigenvalue weighted by molar-refractivity contribution is 9.10. The molecule has 1 heterocycles. The van der Waals surface area contributed by atoms with Crippen LogP contribution in [0.5, 0.6) is 0 Å². The Morgan fingerprint density at radius 2 is 1.50 bits per heavy atom. The lowest BCUT2D eigenvalue weighted by Gasteiger charge is -2.36. The molecule has 3 rings (SSSR count). The number of primary sulfonamides is 1. The molecular weight excluding hydrogens is 390 g/mol. The van der Waals surface area contributed by atoms with E-state index in [1.807, 2.05) is 12.1 Å². The van der Waals surface area contributed by atoms with E-state index in [0.29, 0.717) is 0 Å². The normalized spacial score (nSPS) is 16.3. The summed E-state index contributed by atoms with van der Waals surface area (Å²) >= 11 is 3.46. The topological polar surface area (TPSA) is 66.6 Å². The summed E-state index contributed by atoms with van der Waals surface area (Å²) in [7, 11) is -3.63. The maximum absolute atomic E-state index is 11.3. The van der Waals surface area contributed by atoms with Crippen LogP contribution >= 0.6 is 15.9 Å². The lowest BCUT2D eigenvalue weighted by atomic mass is 10.2. The summed E-state index contributed by atoms with van der Waals surface area (Å²) in [5.74, 6) is 0. The minimum atomic E-state index is -3.63. The Morgan fingerprint density at radius 1 is 0.917 bits per heavy atom. The number of rotatable bonds is 4. The molecule has 0 amide bonds. The average Bonchev–Trinajstić information content (AvgIpc) is 2.57. The van der Waals surface area contributed by atoms with Gasteiger partial charge in [-0.05, 0) is 42.0 Å². The van der Waals surface area contributed by atoms with Crippen molar-refractivity contribution < 1.29 is 8.42 Å². The molecule has 1 fully saturated rings. The number of piperazine rings is 1. The lowest BCUT2D eigenvalue weighted by Crippen LogP contribution is -2.45. The summed E-state index contributed by atoms with van der Waals surface area (Å²) in [4.78, 5) is 4.85. The molecule has 2 aromatic rings. The number of sulfonamides is 1. The zero-order valence-electron chi connectivity index (χ0n) is 13.2. The van der Waals surface area contributed by atoms with E-state index >= 15 is 0 Å². The number of nitrogens with zero attached hydrogens (tertiary/aromatic N) is 2. The van der Waals surface area contributed by atoms with Crippen LogP contribution in [0, 0.1) is 0 Å². The molecule has 0 aromatic heterocycles. The summed E-state index contributed by atoms with van der Waals surface area (Å²) < 4.78 is 23.7. The third-order valence-electron chi connectivity index (χ3n) is 4.22. The molecule has 0 atom stereocenters. The second-order valence-electron chi connectivity index (χ2n) is 5.93. The molecule has 0 saturated carbocycles. The second kappa shape index (κ2) is 7.23. The molecule has 0 spiro atoms. The Morgan fingerprint density at radius 3 is 2.04 bits per heavy atom. The van der Waals surface area contributed by atoms with Gasteiger partial charge in [-0.25, -0.2) is 13.6 Å². The minimum absolute atomic E-state index is 0.153. The molecule has 2 aromatic carbocycles. The lowest BCUT2D eigenvalue weighted by molar-refractivity contribution is 0.250. The van der Waals surface area contributed by atoms with Gasteiger partial charge in [0.2, 0.25) is 10.0 Å². The van der Waals surface area contributed by atoms with Gasteiger partial charge in [0.1, 0.15) is 0 Å². The highest BCUT2D eigenvalue weighted by Gasteiger charge is 2.18. The summed E-state index contributed by atoms with van der Waals surface area (Å²) in [5, 5.41) is 5.14. The maximum atomic E-state index is 11.3. The van der Waals surface area contributed by atoms with Crippen molar-refractivity contribution in [3.8, 4) is 0 Å². The van der Waals surface area contributed by atoms with Crippen molar-refractivity contribution in [2.75, 3.05) is 31.1 Å². The third-order valence-corrected chi connectivity index (χ3v) is 5.68. The van der Waals surface area contributed by atoms with E-state index in [1.165, 1.54) is 5.56 Å². The number of benzene rings is 2. The summed E-state index contributed by atoms with van der Waals surface area (Å²) in [5.41, 5.74) is 2.34. The van der Waals surface area contributed by atoms with Crippen molar-refractivity contribution in [3.63, 3.8) is 0 Å². The van der Waals surface area contributed by atoms with Crippen molar-refractivity contribution >= 4 is 31.6 Å². The van der Waals surface area contributed by atoms with Gasteiger partial charge >= 0.3 is 0 Å². The standard InChI is InChI=1S/C17H20BrN3O2S/c18-15-3-1-14(2-4-15)13-20-9-11-21(12-10-20)16-5-7-17(8-6-16)24(19,22)23/h1-8H,9-13H2,(H2,19,22,23). The van der Waals surface area contributed by atoms with Crippen molar-refractivity contribution in [1.82, 2.24) is 4.90 Å². The zero-order chi connectivity index (χ0) is 17.2. The molecular formula is C17H20BrN3O2S. The van der Waals surface area contributed by atoms with Crippen LogP contribution in [0.1, 0.15) is 5.56 Å². The SMILES string of the molecule is NS(=O)(=O)c1ccc(N2CCN(Cc3ccc(Br)cc3)CC2)cc1. The fraction of sp³-hybridized carbons (Fsp3) is 0.294. The molecule has 7 heteroatoms. The van der Waals surface area contributed by atoms with Crippen LogP contribution in [0.2, 0.25) is 0 Å². The zero-order valence-corrected chi connectivity index (χ0v) is 15.6. The van der Waals surface area contributed by atoms with Gasteiger partial charge in [0, 0.05) is 42.9 Å². The van der Waals surface area contributed by atoms with Crippen molar-refractivity contribution in [2.24, 2.45) is 5.14 Å². The minimum Gasteiger partial charge on any atom is -0.369 e. The first-order valence-electron chi connectivity index (χ1n) is 7.76. The van der Waals surface area contributed by atoms with Gasteiger partial charge in [0.25, 0.3) is 0 Å². The Balaban J connectivity index is 1.57. The van der Waals surface area contributed by atoms with Crippen molar-refractivity contribution in [2.45, 2.75) is 11.4 Å². The van der Waals surface area contributed by atoms with E-state index in [0.717, 1.165) is 42.9 Å². The van der Waals surface area contributed by atoms with E-state index in [-0.39, 0.29) is 4.90 Å². The first-order chi connectivity index (χ1) is 11.4. The Bertz CT molecular complexity index is 784. The van der Waals surface area contributed by atoms with Crippen LogP contribution in [0.3, 0.4) is 0 Å². The molecule has 5 nitrogen and oxygen atoms in total. The number of anilines is 1. The second-order valence-corrected chi connectivity index (χ2v) is 8.41. The number of hydrogen-bond acceptors (Lipinski definition) is 4. The van der Waals surface area contributed by atoms with Gasteiger partial charge in [-0.2, -0.15) is 0 Å². The summed E-state index contributed by atoms with van der Waals surface area (Å²) in [6.45, 7) is 4.75. The van der Waals surface area contributed by atoms with E-state index in [2.05, 4.69) is 50.0 Å². The van der Waals surface area contributed by atoms with Gasteiger partial charge in [-0.3, -0.25) is 4.90 Å². The molecule has 0 radical (unpaired) electrons. The van der Waals surface area contributed by atoms with Gasteiger partial charge in [0.05, 0.1) is 4.90 Å². The molecule has 24 heavy (non-hydrogen) atoms. The van der Waals surface area contributed by atoms with Crippen molar-refractivity contribution in [1.29, 1.82) is 0 Å². The largest absolute Gasteiger partial charge is 0.369 e. The van der Waals surface area contributed by atoms with Crippen LogP contribution in [0.15, 0.2) is 57.9 Å². The molecule has 128 valence electrons. The van der Waals surface area contributed by atoms with E-state index in [1.54, 1.807) is 12.1 Å². The smallest absolute Gasteiger partial charge is 0.238 e.